The predicted octanol–water partition coefficient (Wildman–Crippen LogP) is 2.37. The fourth-order valence-corrected chi connectivity index (χ4v) is 1.42. The molecule has 1 N–H and O–H groups in total. The van der Waals surface area contributed by atoms with Crippen molar-refractivity contribution in [1.82, 2.24) is 9.78 Å². The van der Waals surface area contributed by atoms with E-state index in [1.54, 1.807) is 6.20 Å². The number of aromatic nitrogens is 2. The summed E-state index contributed by atoms with van der Waals surface area (Å²) in [5.74, 6) is 0. The molecule has 0 aliphatic rings. The van der Waals surface area contributed by atoms with Gasteiger partial charge in [-0.25, -0.2) is 0 Å². The van der Waals surface area contributed by atoms with Crippen molar-refractivity contribution in [3.05, 3.63) is 18.0 Å². The summed E-state index contributed by atoms with van der Waals surface area (Å²) in [7, 11) is 0. The van der Waals surface area contributed by atoms with Crippen LogP contribution in [0, 0.1) is 5.41 Å². The van der Waals surface area contributed by atoms with E-state index in [-0.39, 0.29) is 5.41 Å². The summed E-state index contributed by atoms with van der Waals surface area (Å²) in [6.45, 7) is 9.26. The van der Waals surface area contributed by atoms with Crippen LogP contribution >= 0.6 is 0 Å². The lowest BCUT2D eigenvalue weighted by Crippen LogP contribution is -2.11. The Hall–Kier alpha value is -0.830. The molecule has 1 heterocycles. The van der Waals surface area contributed by atoms with E-state index in [0.29, 0.717) is 0 Å². The standard InChI is InChI=1S/C11H20N2O/c1-5-13-8-9(7-12-13)10(14)6-11(2,3)4/h7-8,10,14H,5-6H2,1-4H3. The minimum Gasteiger partial charge on any atom is -0.388 e. The number of rotatable bonds is 3. The number of hydrogen-bond acceptors (Lipinski definition) is 2. The van der Waals surface area contributed by atoms with E-state index in [2.05, 4.69) is 25.9 Å². The highest BCUT2D eigenvalue weighted by Crippen LogP contribution is 2.28. The van der Waals surface area contributed by atoms with Crippen LogP contribution in [0.4, 0.5) is 0 Å². The van der Waals surface area contributed by atoms with Gasteiger partial charge in [-0.2, -0.15) is 5.10 Å². The normalized spacial score (nSPS) is 14.4. The molecule has 0 radical (unpaired) electrons. The summed E-state index contributed by atoms with van der Waals surface area (Å²) in [5.41, 5.74) is 1.06. The van der Waals surface area contributed by atoms with E-state index >= 15 is 0 Å². The number of nitrogens with zero attached hydrogens (tertiary/aromatic N) is 2. The van der Waals surface area contributed by atoms with E-state index in [9.17, 15) is 5.11 Å². The van der Waals surface area contributed by atoms with Crippen LogP contribution in [-0.4, -0.2) is 14.9 Å². The Balaban J connectivity index is 2.65. The zero-order valence-corrected chi connectivity index (χ0v) is 9.49. The molecule has 0 aromatic carbocycles. The largest absolute Gasteiger partial charge is 0.388 e. The summed E-state index contributed by atoms with van der Waals surface area (Å²) >= 11 is 0. The number of aliphatic hydroxyl groups is 1. The van der Waals surface area contributed by atoms with Gasteiger partial charge in [0, 0.05) is 18.3 Å². The fourth-order valence-electron chi connectivity index (χ4n) is 1.42. The van der Waals surface area contributed by atoms with Gasteiger partial charge in [0.25, 0.3) is 0 Å². The van der Waals surface area contributed by atoms with Gasteiger partial charge in [0.2, 0.25) is 0 Å². The van der Waals surface area contributed by atoms with Crippen LogP contribution in [0.1, 0.15) is 45.8 Å². The van der Waals surface area contributed by atoms with Gasteiger partial charge in [0.05, 0.1) is 12.3 Å². The van der Waals surface area contributed by atoms with Crippen molar-refractivity contribution in [3.63, 3.8) is 0 Å². The third-order valence-corrected chi connectivity index (χ3v) is 2.17. The minimum absolute atomic E-state index is 0.147. The van der Waals surface area contributed by atoms with E-state index in [0.717, 1.165) is 18.5 Å². The first kappa shape index (κ1) is 11.2. The molecule has 3 nitrogen and oxygen atoms in total. The van der Waals surface area contributed by atoms with Gasteiger partial charge in [-0.15, -0.1) is 0 Å². The van der Waals surface area contributed by atoms with Crippen LogP contribution < -0.4 is 0 Å². The molecule has 1 rings (SSSR count). The van der Waals surface area contributed by atoms with Gasteiger partial charge in [-0.3, -0.25) is 4.68 Å². The molecule has 14 heavy (non-hydrogen) atoms. The monoisotopic (exact) mass is 196 g/mol. The van der Waals surface area contributed by atoms with Crippen molar-refractivity contribution in [3.8, 4) is 0 Å². The van der Waals surface area contributed by atoms with Gasteiger partial charge in [-0.1, -0.05) is 20.8 Å². The summed E-state index contributed by atoms with van der Waals surface area (Å²) in [6.07, 6.45) is 4.04. The molecular weight excluding hydrogens is 176 g/mol. The molecular formula is C11H20N2O. The van der Waals surface area contributed by atoms with Crippen molar-refractivity contribution < 1.29 is 5.11 Å². The van der Waals surface area contributed by atoms with E-state index in [4.69, 9.17) is 0 Å². The van der Waals surface area contributed by atoms with Crippen molar-refractivity contribution in [2.75, 3.05) is 0 Å². The zero-order chi connectivity index (χ0) is 10.8. The highest BCUT2D eigenvalue weighted by Gasteiger charge is 2.18. The topological polar surface area (TPSA) is 38.0 Å². The molecule has 0 aliphatic carbocycles. The molecule has 0 spiro atoms. The van der Waals surface area contributed by atoms with Crippen molar-refractivity contribution in [1.29, 1.82) is 0 Å². The molecule has 1 atom stereocenters. The Kier molecular flexibility index (Phi) is 3.32. The second-order valence-electron chi connectivity index (χ2n) is 4.91. The Bertz CT molecular complexity index is 286. The predicted molar refractivity (Wildman–Crippen MR) is 56.9 cm³/mol. The molecule has 0 amide bonds. The Morgan fingerprint density at radius 3 is 2.57 bits per heavy atom. The van der Waals surface area contributed by atoms with E-state index in [1.165, 1.54) is 0 Å². The second kappa shape index (κ2) is 4.13. The second-order valence-corrected chi connectivity index (χ2v) is 4.91. The lowest BCUT2D eigenvalue weighted by atomic mass is 9.88. The van der Waals surface area contributed by atoms with E-state index < -0.39 is 6.10 Å². The molecule has 0 saturated heterocycles. The fraction of sp³-hybridized carbons (Fsp3) is 0.727. The number of hydrogen-bond donors (Lipinski definition) is 1. The summed E-state index contributed by atoms with van der Waals surface area (Å²) < 4.78 is 1.83. The summed E-state index contributed by atoms with van der Waals surface area (Å²) in [6, 6.07) is 0. The van der Waals surface area contributed by atoms with Crippen LogP contribution in [0.25, 0.3) is 0 Å². The SMILES string of the molecule is CCn1cc(C(O)CC(C)(C)C)cn1. The van der Waals surface area contributed by atoms with Gasteiger partial charge in [0.15, 0.2) is 0 Å². The van der Waals surface area contributed by atoms with Crippen LogP contribution in [0.2, 0.25) is 0 Å². The van der Waals surface area contributed by atoms with Gasteiger partial charge in [-0.05, 0) is 18.8 Å². The number of aryl methyl sites for hydroxylation is 1. The molecule has 3 heteroatoms. The highest BCUT2D eigenvalue weighted by atomic mass is 16.3. The molecule has 1 aromatic rings. The average molecular weight is 196 g/mol. The third kappa shape index (κ3) is 3.14. The molecule has 80 valence electrons. The Morgan fingerprint density at radius 1 is 1.50 bits per heavy atom. The molecule has 0 bridgehead atoms. The molecule has 0 saturated carbocycles. The number of aliphatic hydroxyl groups excluding tert-OH is 1. The first-order chi connectivity index (χ1) is 6.42. The lowest BCUT2D eigenvalue weighted by Gasteiger charge is -2.21. The average Bonchev–Trinajstić information content (AvgIpc) is 2.48. The van der Waals surface area contributed by atoms with Crippen LogP contribution in [0.3, 0.4) is 0 Å². The first-order valence-corrected chi connectivity index (χ1v) is 5.13. The molecule has 1 unspecified atom stereocenters. The maximum atomic E-state index is 9.91. The van der Waals surface area contributed by atoms with Crippen LogP contribution in [0.5, 0.6) is 0 Å². The van der Waals surface area contributed by atoms with Crippen molar-refractivity contribution >= 4 is 0 Å². The Labute approximate surface area is 85.8 Å². The van der Waals surface area contributed by atoms with Crippen LogP contribution in [0.15, 0.2) is 12.4 Å². The maximum absolute atomic E-state index is 9.91. The van der Waals surface area contributed by atoms with Crippen molar-refractivity contribution in [2.45, 2.75) is 46.8 Å². The maximum Gasteiger partial charge on any atom is 0.0825 e. The minimum atomic E-state index is -0.393. The van der Waals surface area contributed by atoms with Crippen LogP contribution in [-0.2, 0) is 6.54 Å². The Morgan fingerprint density at radius 2 is 2.14 bits per heavy atom. The smallest absolute Gasteiger partial charge is 0.0825 e. The molecule has 0 aliphatic heterocycles. The summed E-state index contributed by atoms with van der Waals surface area (Å²) in [5, 5.41) is 14.1. The third-order valence-electron chi connectivity index (χ3n) is 2.17. The highest BCUT2D eigenvalue weighted by molar-refractivity contribution is 5.08. The van der Waals surface area contributed by atoms with Crippen molar-refractivity contribution in [2.24, 2.45) is 5.41 Å². The quantitative estimate of drug-likeness (QED) is 0.806. The van der Waals surface area contributed by atoms with Gasteiger partial charge in [0.1, 0.15) is 0 Å². The summed E-state index contributed by atoms with van der Waals surface area (Å²) in [4.78, 5) is 0. The zero-order valence-electron chi connectivity index (χ0n) is 9.49. The lowest BCUT2D eigenvalue weighted by molar-refractivity contribution is 0.122. The van der Waals surface area contributed by atoms with Gasteiger partial charge >= 0.3 is 0 Å². The first-order valence-electron chi connectivity index (χ1n) is 5.13. The molecule has 1 aromatic heterocycles. The van der Waals surface area contributed by atoms with E-state index in [1.807, 2.05) is 17.8 Å². The molecule has 0 fully saturated rings. The van der Waals surface area contributed by atoms with Gasteiger partial charge < -0.3 is 5.11 Å².